The van der Waals surface area contributed by atoms with Crippen molar-refractivity contribution in [2.75, 3.05) is 0 Å². The molecule has 0 radical (unpaired) electrons. The van der Waals surface area contributed by atoms with Gasteiger partial charge in [-0.1, -0.05) is 219 Å². The maximum absolute atomic E-state index is 6.75. The minimum atomic E-state index is -0.916. The monoisotopic (exact) mass is 571 g/mol. The van der Waals surface area contributed by atoms with Crippen LogP contribution in [-0.2, 0) is 0 Å². The molecule has 0 fully saturated rings. The van der Waals surface area contributed by atoms with E-state index in [-0.39, 0.29) is 0 Å². The van der Waals surface area contributed by atoms with E-state index < -0.39 is 8.11 Å². The van der Waals surface area contributed by atoms with Gasteiger partial charge in [-0.05, 0) is 12.1 Å². The molecule has 0 aromatic rings. The average Bonchev–Trinajstić information content (AvgIpc) is 2.92. The maximum atomic E-state index is 6.75. The molecule has 0 saturated heterocycles. The zero-order valence-corrected chi connectivity index (χ0v) is 28.9. The molecule has 230 valence electrons. The summed E-state index contributed by atoms with van der Waals surface area (Å²) in [6, 6.07) is 2.78. The highest BCUT2D eigenvalue weighted by Crippen LogP contribution is 2.19. The lowest BCUT2D eigenvalue weighted by Crippen LogP contribution is -2.02. The molecular weight excluding hydrogens is 496 g/mol. The number of halogens is 1. The van der Waals surface area contributed by atoms with Gasteiger partial charge in [-0.2, -0.15) is 11.1 Å². The van der Waals surface area contributed by atoms with Crippen LogP contribution >= 0.6 is 11.1 Å². The second kappa shape index (κ2) is 35.5. The molecule has 0 aromatic heterocycles. The fraction of sp³-hybridized carbons (Fsp3) is 1.00. The van der Waals surface area contributed by atoms with E-state index in [1.54, 1.807) is 0 Å². The van der Waals surface area contributed by atoms with Crippen LogP contribution in [0.1, 0.15) is 219 Å². The third-order valence-electron chi connectivity index (χ3n) is 8.74. The van der Waals surface area contributed by atoms with Gasteiger partial charge in [-0.3, -0.25) is 0 Å². The molecule has 0 aliphatic heterocycles. The molecular formula is C36H75ClSi. The molecule has 0 N–H and O–H groups in total. The first-order chi connectivity index (χ1) is 18.8. The van der Waals surface area contributed by atoms with Crippen LogP contribution in [0.2, 0.25) is 12.1 Å². The first-order valence-electron chi connectivity index (χ1n) is 18.4. The molecule has 0 bridgehead atoms. The van der Waals surface area contributed by atoms with E-state index in [1.165, 1.54) is 218 Å². The van der Waals surface area contributed by atoms with Crippen molar-refractivity contribution in [2.45, 2.75) is 231 Å². The molecule has 0 unspecified atom stereocenters. The standard InChI is InChI=1S/C36H75ClSi/c1-3-5-7-9-11-13-15-17-19-21-23-25-27-29-31-33-35-38(37)36-34-32-30-28-26-24-22-20-18-16-14-12-10-8-6-4-2/h38H,3-36H2,1-2H3. The summed E-state index contributed by atoms with van der Waals surface area (Å²) in [7, 11) is -0.916. The Labute approximate surface area is 249 Å². The Kier molecular flexibility index (Phi) is 36.0. The van der Waals surface area contributed by atoms with Gasteiger partial charge in [-0.15, -0.1) is 0 Å². The molecule has 0 nitrogen and oxygen atoms in total. The van der Waals surface area contributed by atoms with Crippen molar-refractivity contribution in [1.29, 1.82) is 0 Å². The van der Waals surface area contributed by atoms with Gasteiger partial charge in [0.05, 0.1) is 0 Å². The third kappa shape index (κ3) is 34.5. The van der Waals surface area contributed by atoms with E-state index >= 15 is 0 Å². The van der Waals surface area contributed by atoms with E-state index in [1.807, 2.05) is 0 Å². The van der Waals surface area contributed by atoms with E-state index in [0.717, 1.165) is 0 Å². The summed E-state index contributed by atoms with van der Waals surface area (Å²) < 4.78 is 0. The van der Waals surface area contributed by atoms with Gasteiger partial charge in [0.1, 0.15) is 8.11 Å². The van der Waals surface area contributed by atoms with Crippen LogP contribution in [0.25, 0.3) is 0 Å². The van der Waals surface area contributed by atoms with Gasteiger partial charge in [0.2, 0.25) is 0 Å². The summed E-state index contributed by atoms with van der Waals surface area (Å²) in [5.41, 5.74) is 0. The number of hydrogen-bond acceptors (Lipinski definition) is 0. The Morgan fingerprint density at radius 1 is 0.263 bits per heavy atom. The lowest BCUT2D eigenvalue weighted by Gasteiger charge is -2.08. The lowest BCUT2D eigenvalue weighted by molar-refractivity contribution is 0.531. The molecule has 0 aliphatic carbocycles. The quantitative estimate of drug-likeness (QED) is 0.0409. The highest BCUT2D eigenvalue weighted by atomic mass is 35.6. The second-order valence-corrected chi connectivity index (χ2v) is 17.0. The van der Waals surface area contributed by atoms with Crippen molar-refractivity contribution in [3.8, 4) is 0 Å². The predicted octanol–water partition coefficient (Wildman–Crippen LogP) is 14.5. The second-order valence-electron chi connectivity index (χ2n) is 12.8. The van der Waals surface area contributed by atoms with Gasteiger partial charge in [0, 0.05) is 0 Å². The third-order valence-corrected chi connectivity index (χ3v) is 12.1. The lowest BCUT2D eigenvalue weighted by atomic mass is 10.0. The van der Waals surface area contributed by atoms with Gasteiger partial charge in [0.25, 0.3) is 0 Å². The summed E-state index contributed by atoms with van der Waals surface area (Å²) in [6.07, 6.45) is 46.7. The molecule has 0 aliphatic rings. The number of rotatable bonds is 34. The Bertz CT molecular complexity index is 363. The predicted molar refractivity (Wildman–Crippen MR) is 182 cm³/mol. The van der Waals surface area contributed by atoms with Crippen LogP contribution in [0.4, 0.5) is 0 Å². The highest BCUT2D eigenvalue weighted by molar-refractivity contribution is 7.06. The first-order valence-corrected chi connectivity index (χ1v) is 21.8. The molecule has 38 heavy (non-hydrogen) atoms. The topological polar surface area (TPSA) is 0 Å². The summed E-state index contributed by atoms with van der Waals surface area (Å²) >= 11 is 6.75. The summed E-state index contributed by atoms with van der Waals surface area (Å²) in [6.45, 7) is 4.61. The van der Waals surface area contributed by atoms with Gasteiger partial charge in [0.15, 0.2) is 0 Å². The van der Waals surface area contributed by atoms with Crippen LogP contribution in [0.5, 0.6) is 0 Å². The van der Waals surface area contributed by atoms with E-state index in [2.05, 4.69) is 13.8 Å². The zero-order valence-electron chi connectivity index (χ0n) is 27.0. The maximum Gasteiger partial charge on any atom is 0.141 e. The normalized spacial score (nSPS) is 11.7. The van der Waals surface area contributed by atoms with Gasteiger partial charge >= 0.3 is 0 Å². The fourth-order valence-corrected chi connectivity index (χ4v) is 8.65. The molecule has 0 atom stereocenters. The summed E-state index contributed by atoms with van der Waals surface area (Å²) in [4.78, 5) is 0. The molecule has 0 amide bonds. The minimum absolute atomic E-state index is 0.916. The molecule has 0 spiro atoms. The largest absolute Gasteiger partial charge is 0.172 e. The Morgan fingerprint density at radius 3 is 0.605 bits per heavy atom. The minimum Gasteiger partial charge on any atom is -0.172 e. The van der Waals surface area contributed by atoms with Crippen molar-refractivity contribution in [1.82, 2.24) is 0 Å². The van der Waals surface area contributed by atoms with Crippen molar-refractivity contribution in [3.05, 3.63) is 0 Å². The van der Waals surface area contributed by atoms with Crippen molar-refractivity contribution in [3.63, 3.8) is 0 Å². The van der Waals surface area contributed by atoms with Crippen LogP contribution in [0, 0.1) is 0 Å². The fourth-order valence-electron chi connectivity index (χ4n) is 5.97. The van der Waals surface area contributed by atoms with Crippen molar-refractivity contribution in [2.24, 2.45) is 0 Å². The van der Waals surface area contributed by atoms with Gasteiger partial charge in [-0.25, -0.2) is 0 Å². The molecule has 2 heteroatoms. The molecule has 0 heterocycles. The first kappa shape index (κ1) is 38.5. The van der Waals surface area contributed by atoms with Crippen LogP contribution in [-0.4, -0.2) is 8.11 Å². The SMILES string of the molecule is CCCCCCCCCCCCCCCCCC[SiH](Cl)CCCCCCCCCCCCCCCCCC. The number of hydrogen-bond donors (Lipinski definition) is 0. The Morgan fingerprint density at radius 2 is 0.421 bits per heavy atom. The zero-order chi connectivity index (χ0) is 27.6. The average molecular weight is 572 g/mol. The Hall–Kier alpha value is 0.507. The molecule has 0 rings (SSSR count). The molecule has 0 saturated carbocycles. The van der Waals surface area contributed by atoms with Crippen LogP contribution < -0.4 is 0 Å². The summed E-state index contributed by atoms with van der Waals surface area (Å²) in [5, 5.41) is 0. The van der Waals surface area contributed by atoms with E-state index in [4.69, 9.17) is 11.1 Å². The van der Waals surface area contributed by atoms with Crippen molar-refractivity contribution >= 4 is 19.2 Å². The number of unbranched alkanes of at least 4 members (excludes halogenated alkanes) is 30. The van der Waals surface area contributed by atoms with Gasteiger partial charge < -0.3 is 0 Å². The molecule has 0 aromatic carbocycles. The van der Waals surface area contributed by atoms with E-state index in [0.29, 0.717) is 0 Å². The van der Waals surface area contributed by atoms with Crippen LogP contribution in [0.15, 0.2) is 0 Å². The Balaban J connectivity index is 3.13. The van der Waals surface area contributed by atoms with Crippen molar-refractivity contribution < 1.29 is 0 Å². The highest BCUT2D eigenvalue weighted by Gasteiger charge is 2.06. The van der Waals surface area contributed by atoms with E-state index in [9.17, 15) is 0 Å². The smallest absolute Gasteiger partial charge is 0.141 e. The summed E-state index contributed by atoms with van der Waals surface area (Å²) in [5.74, 6) is 0. The van der Waals surface area contributed by atoms with Crippen LogP contribution in [0.3, 0.4) is 0 Å².